The monoisotopic (exact) mass is 240 g/mol. The van der Waals surface area contributed by atoms with E-state index in [-0.39, 0.29) is 5.60 Å². The van der Waals surface area contributed by atoms with Gasteiger partial charge >= 0.3 is 0 Å². The van der Waals surface area contributed by atoms with Crippen LogP contribution in [-0.2, 0) is 4.79 Å². The van der Waals surface area contributed by atoms with Crippen molar-refractivity contribution < 1.29 is 9.90 Å². The largest absolute Gasteiger partial charge is 0.390 e. The Hall–Kier alpha value is -0.370. The zero-order valence-electron chi connectivity index (χ0n) is 11.3. The smallest absolute Gasteiger partial charge is 0.129 e. The van der Waals surface area contributed by atoms with E-state index in [1.54, 1.807) is 6.92 Å². The maximum atomic E-state index is 10.7. The lowest BCUT2D eigenvalue weighted by Gasteiger charge is -2.32. The number of rotatable bonds is 8. The van der Waals surface area contributed by atoms with Gasteiger partial charge in [0.1, 0.15) is 5.78 Å². The van der Waals surface area contributed by atoms with Crippen molar-refractivity contribution in [3.63, 3.8) is 0 Å². The number of Topliss-reactive ketones (excluding diaryl/α,β-unsaturated/α-hetero) is 1. The summed E-state index contributed by atoms with van der Waals surface area (Å²) >= 11 is 0. The van der Waals surface area contributed by atoms with Gasteiger partial charge in [-0.3, -0.25) is 0 Å². The third-order valence-electron chi connectivity index (χ3n) is 3.96. The summed E-state index contributed by atoms with van der Waals surface area (Å²) in [7, 11) is 0. The molecule has 1 aliphatic rings. The molecular weight excluding hydrogens is 212 g/mol. The minimum absolute atomic E-state index is 0.307. The molecular formula is C15H28O2. The normalized spacial score (nSPS) is 19.2. The summed E-state index contributed by atoms with van der Waals surface area (Å²) in [5.74, 6) is 0.307. The van der Waals surface area contributed by atoms with E-state index < -0.39 is 0 Å². The summed E-state index contributed by atoms with van der Waals surface area (Å²) < 4.78 is 0. The van der Waals surface area contributed by atoms with Crippen molar-refractivity contribution in [3.05, 3.63) is 0 Å². The third kappa shape index (κ3) is 6.82. The number of hydrogen-bond acceptors (Lipinski definition) is 2. The SMILES string of the molecule is CC(=O)CCCCCCCC1(O)CCCCC1. The second kappa shape index (κ2) is 7.86. The van der Waals surface area contributed by atoms with Crippen molar-refractivity contribution in [1.29, 1.82) is 0 Å². The highest BCUT2D eigenvalue weighted by Crippen LogP contribution is 2.32. The molecule has 2 heteroatoms. The molecule has 0 aromatic heterocycles. The molecule has 0 spiro atoms. The van der Waals surface area contributed by atoms with Gasteiger partial charge < -0.3 is 9.90 Å². The summed E-state index contributed by atoms with van der Waals surface area (Å²) in [6.07, 6.45) is 13.2. The molecule has 100 valence electrons. The van der Waals surface area contributed by atoms with Crippen molar-refractivity contribution in [2.45, 2.75) is 89.6 Å². The first kappa shape index (κ1) is 14.7. The Morgan fingerprint density at radius 3 is 2.24 bits per heavy atom. The number of ketones is 1. The van der Waals surface area contributed by atoms with Crippen molar-refractivity contribution >= 4 is 5.78 Å². The zero-order chi connectivity index (χ0) is 12.6. The van der Waals surface area contributed by atoms with Gasteiger partial charge in [-0.05, 0) is 32.6 Å². The Bertz CT molecular complexity index is 217. The maximum absolute atomic E-state index is 10.7. The molecule has 0 aliphatic heterocycles. The fraction of sp³-hybridized carbons (Fsp3) is 0.933. The average molecular weight is 240 g/mol. The Kier molecular flexibility index (Phi) is 6.79. The molecule has 0 atom stereocenters. The van der Waals surface area contributed by atoms with Gasteiger partial charge in [0, 0.05) is 6.42 Å². The molecule has 0 aromatic carbocycles. The van der Waals surface area contributed by atoms with Crippen LogP contribution in [0.5, 0.6) is 0 Å². The molecule has 17 heavy (non-hydrogen) atoms. The fourth-order valence-corrected chi connectivity index (χ4v) is 2.82. The van der Waals surface area contributed by atoms with Crippen LogP contribution in [0.3, 0.4) is 0 Å². The highest BCUT2D eigenvalue weighted by atomic mass is 16.3. The summed E-state index contributed by atoms with van der Waals surface area (Å²) in [6, 6.07) is 0. The molecule has 0 radical (unpaired) electrons. The number of aliphatic hydroxyl groups is 1. The standard InChI is InChI=1S/C15H28O2/c1-14(16)10-6-3-2-4-7-11-15(17)12-8-5-9-13-15/h17H,2-13H2,1H3. The Labute approximate surface area is 106 Å². The van der Waals surface area contributed by atoms with Crippen molar-refractivity contribution in [2.24, 2.45) is 0 Å². The summed E-state index contributed by atoms with van der Waals surface area (Å²) in [6.45, 7) is 1.67. The molecule has 0 unspecified atom stereocenters. The van der Waals surface area contributed by atoms with Gasteiger partial charge in [0.2, 0.25) is 0 Å². The first-order chi connectivity index (χ1) is 8.12. The molecule has 0 bridgehead atoms. The molecule has 1 saturated carbocycles. The highest BCUT2D eigenvalue weighted by molar-refractivity contribution is 5.75. The lowest BCUT2D eigenvalue weighted by atomic mass is 9.81. The lowest BCUT2D eigenvalue weighted by molar-refractivity contribution is -0.117. The van der Waals surface area contributed by atoms with Gasteiger partial charge in [-0.1, -0.05) is 44.9 Å². The second-order valence-corrected chi connectivity index (χ2v) is 5.75. The van der Waals surface area contributed by atoms with E-state index in [0.29, 0.717) is 5.78 Å². The van der Waals surface area contributed by atoms with Crippen LogP contribution in [0.2, 0.25) is 0 Å². The fourth-order valence-electron chi connectivity index (χ4n) is 2.82. The third-order valence-corrected chi connectivity index (χ3v) is 3.96. The van der Waals surface area contributed by atoms with E-state index in [9.17, 15) is 9.90 Å². The van der Waals surface area contributed by atoms with Crippen LogP contribution in [0.25, 0.3) is 0 Å². The summed E-state index contributed by atoms with van der Waals surface area (Å²) in [5, 5.41) is 10.3. The van der Waals surface area contributed by atoms with Crippen LogP contribution in [0.15, 0.2) is 0 Å². The Balaban J connectivity index is 1.94. The molecule has 2 nitrogen and oxygen atoms in total. The van der Waals surface area contributed by atoms with Crippen LogP contribution < -0.4 is 0 Å². The lowest BCUT2D eigenvalue weighted by Crippen LogP contribution is -2.30. The van der Waals surface area contributed by atoms with Gasteiger partial charge in [-0.2, -0.15) is 0 Å². The highest BCUT2D eigenvalue weighted by Gasteiger charge is 2.27. The molecule has 1 rings (SSSR count). The van der Waals surface area contributed by atoms with Gasteiger partial charge in [0.05, 0.1) is 5.60 Å². The van der Waals surface area contributed by atoms with E-state index in [1.165, 1.54) is 32.1 Å². The van der Waals surface area contributed by atoms with Crippen LogP contribution in [-0.4, -0.2) is 16.5 Å². The van der Waals surface area contributed by atoms with Crippen molar-refractivity contribution in [2.75, 3.05) is 0 Å². The minimum Gasteiger partial charge on any atom is -0.390 e. The zero-order valence-corrected chi connectivity index (χ0v) is 11.3. The molecule has 0 heterocycles. The van der Waals surface area contributed by atoms with Crippen molar-refractivity contribution in [3.8, 4) is 0 Å². The average Bonchev–Trinajstić information content (AvgIpc) is 2.28. The summed E-state index contributed by atoms with van der Waals surface area (Å²) in [5.41, 5.74) is -0.336. The van der Waals surface area contributed by atoms with Gasteiger partial charge in [0.25, 0.3) is 0 Å². The van der Waals surface area contributed by atoms with Crippen LogP contribution in [0.1, 0.15) is 84.0 Å². The van der Waals surface area contributed by atoms with E-state index in [0.717, 1.165) is 44.9 Å². The number of unbranched alkanes of at least 4 members (excludes halogenated alkanes) is 4. The van der Waals surface area contributed by atoms with E-state index in [2.05, 4.69) is 0 Å². The van der Waals surface area contributed by atoms with Crippen LogP contribution >= 0.6 is 0 Å². The molecule has 0 aromatic rings. The second-order valence-electron chi connectivity index (χ2n) is 5.75. The number of carbonyl (C=O) groups excluding carboxylic acids is 1. The Morgan fingerprint density at radius 1 is 1.00 bits per heavy atom. The number of hydrogen-bond donors (Lipinski definition) is 1. The predicted octanol–water partition coefficient (Wildman–Crippen LogP) is 4.00. The first-order valence-electron chi connectivity index (χ1n) is 7.34. The number of carbonyl (C=O) groups is 1. The van der Waals surface area contributed by atoms with Crippen LogP contribution in [0, 0.1) is 0 Å². The van der Waals surface area contributed by atoms with Gasteiger partial charge in [0.15, 0.2) is 0 Å². The van der Waals surface area contributed by atoms with E-state index >= 15 is 0 Å². The molecule has 1 fully saturated rings. The first-order valence-corrected chi connectivity index (χ1v) is 7.34. The van der Waals surface area contributed by atoms with Gasteiger partial charge in [-0.25, -0.2) is 0 Å². The van der Waals surface area contributed by atoms with Crippen LogP contribution in [0.4, 0.5) is 0 Å². The molecule has 0 saturated heterocycles. The summed E-state index contributed by atoms with van der Waals surface area (Å²) in [4.78, 5) is 10.7. The molecule has 1 aliphatic carbocycles. The van der Waals surface area contributed by atoms with E-state index in [4.69, 9.17) is 0 Å². The maximum Gasteiger partial charge on any atom is 0.129 e. The van der Waals surface area contributed by atoms with Gasteiger partial charge in [-0.15, -0.1) is 0 Å². The Morgan fingerprint density at radius 2 is 1.59 bits per heavy atom. The quantitative estimate of drug-likeness (QED) is 0.651. The topological polar surface area (TPSA) is 37.3 Å². The van der Waals surface area contributed by atoms with Crippen molar-refractivity contribution in [1.82, 2.24) is 0 Å². The molecule has 1 N–H and O–H groups in total. The minimum atomic E-state index is -0.336. The molecule has 0 amide bonds. The predicted molar refractivity (Wildman–Crippen MR) is 71.0 cm³/mol. The van der Waals surface area contributed by atoms with E-state index in [1.807, 2.05) is 0 Å².